The van der Waals surface area contributed by atoms with Crippen molar-refractivity contribution in [2.24, 2.45) is 5.41 Å². The van der Waals surface area contributed by atoms with Crippen LogP contribution in [0.1, 0.15) is 51.0 Å². The van der Waals surface area contributed by atoms with Gasteiger partial charge in [-0.3, -0.25) is 9.69 Å². The van der Waals surface area contributed by atoms with E-state index < -0.39 is 0 Å². The Morgan fingerprint density at radius 1 is 1.16 bits per heavy atom. The maximum atomic E-state index is 12.7. The van der Waals surface area contributed by atoms with E-state index in [1.165, 1.54) is 31.2 Å². The van der Waals surface area contributed by atoms with Gasteiger partial charge in [-0.15, -0.1) is 0 Å². The molecule has 1 amide bonds. The van der Waals surface area contributed by atoms with Gasteiger partial charge in [0.2, 0.25) is 5.91 Å². The highest BCUT2D eigenvalue weighted by Crippen LogP contribution is 2.73. The molecule has 2 spiro atoms. The number of carbonyl (C=O) groups is 1. The number of rotatable bonds is 0. The molecule has 132 valence electrons. The van der Waals surface area contributed by atoms with Gasteiger partial charge < -0.3 is 9.64 Å². The van der Waals surface area contributed by atoms with E-state index in [1.54, 1.807) is 6.92 Å². The van der Waals surface area contributed by atoms with Gasteiger partial charge in [-0.25, -0.2) is 0 Å². The fourth-order valence-electron chi connectivity index (χ4n) is 7.77. The van der Waals surface area contributed by atoms with Gasteiger partial charge in [0.15, 0.2) is 0 Å². The number of hydrogen-bond acceptors (Lipinski definition) is 3. The Bertz CT molecular complexity index is 779. The summed E-state index contributed by atoms with van der Waals surface area (Å²) in [6.07, 6.45) is 7.23. The Kier molecular flexibility index (Phi) is 2.64. The van der Waals surface area contributed by atoms with Crippen molar-refractivity contribution >= 4 is 11.6 Å². The molecule has 3 saturated heterocycles. The van der Waals surface area contributed by atoms with Gasteiger partial charge >= 0.3 is 0 Å². The molecule has 1 unspecified atom stereocenters. The summed E-state index contributed by atoms with van der Waals surface area (Å²) in [5, 5.41) is 0. The molecule has 0 aromatic heterocycles. The zero-order valence-corrected chi connectivity index (χ0v) is 15.0. The van der Waals surface area contributed by atoms with Gasteiger partial charge in [-0.2, -0.15) is 0 Å². The minimum absolute atomic E-state index is 0.0373. The molecule has 4 heteroatoms. The highest BCUT2D eigenvalue weighted by Gasteiger charge is 2.79. The van der Waals surface area contributed by atoms with E-state index in [9.17, 15) is 4.79 Å². The first-order valence-electron chi connectivity index (χ1n) is 9.95. The van der Waals surface area contributed by atoms with E-state index in [0.717, 1.165) is 38.2 Å². The number of nitrogens with zero attached hydrogens (tertiary/aromatic N) is 2. The molecule has 25 heavy (non-hydrogen) atoms. The van der Waals surface area contributed by atoms with Crippen LogP contribution in [0.3, 0.4) is 0 Å². The third kappa shape index (κ3) is 1.34. The smallest absolute Gasteiger partial charge is 0.224 e. The second-order valence-electron chi connectivity index (χ2n) is 8.80. The maximum absolute atomic E-state index is 12.7. The summed E-state index contributed by atoms with van der Waals surface area (Å²) < 4.78 is 6.80. The van der Waals surface area contributed by atoms with Crippen LogP contribution in [0.4, 0.5) is 5.69 Å². The molecule has 4 nitrogen and oxygen atoms in total. The van der Waals surface area contributed by atoms with Crippen LogP contribution in [0.15, 0.2) is 24.3 Å². The van der Waals surface area contributed by atoms with Crippen molar-refractivity contribution in [1.82, 2.24) is 4.90 Å². The molecule has 1 saturated carbocycles. The molecule has 5 aliphatic rings. The largest absolute Gasteiger partial charge is 0.359 e. The molecule has 1 aromatic carbocycles. The van der Waals surface area contributed by atoms with Gasteiger partial charge in [0.05, 0.1) is 11.5 Å². The van der Waals surface area contributed by atoms with E-state index in [4.69, 9.17) is 4.74 Å². The van der Waals surface area contributed by atoms with E-state index >= 15 is 0 Å². The highest BCUT2D eigenvalue weighted by atomic mass is 16.5. The lowest BCUT2D eigenvalue weighted by atomic mass is 9.50. The number of amides is 1. The lowest BCUT2D eigenvalue weighted by Crippen LogP contribution is -2.73. The maximum Gasteiger partial charge on any atom is 0.224 e. The Labute approximate surface area is 149 Å². The number of para-hydroxylation sites is 1. The number of fused-ring (bicyclic) bond motifs is 1. The number of ether oxygens (including phenoxy) is 1. The van der Waals surface area contributed by atoms with Crippen molar-refractivity contribution in [1.29, 1.82) is 0 Å². The van der Waals surface area contributed by atoms with Gasteiger partial charge in [0.1, 0.15) is 5.72 Å². The third-order valence-corrected chi connectivity index (χ3v) is 8.28. The monoisotopic (exact) mass is 338 g/mol. The predicted molar refractivity (Wildman–Crippen MR) is 95.5 cm³/mol. The molecule has 0 radical (unpaired) electrons. The SMILES string of the molecule is CC(=O)N1c2ccccc2[C@@]23CCN4CCC[C@]5(CCO[C@@]452)CCC13. The number of benzene rings is 1. The molecule has 0 bridgehead atoms. The summed E-state index contributed by atoms with van der Waals surface area (Å²) in [5.74, 6) is 0.186. The third-order valence-electron chi connectivity index (χ3n) is 8.28. The average Bonchev–Trinajstić information content (AvgIpc) is 3.25. The first-order chi connectivity index (χ1) is 12.2. The molecule has 4 heterocycles. The van der Waals surface area contributed by atoms with E-state index in [-0.39, 0.29) is 28.5 Å². The fraction of sp³-hybridized carbons (Fsp3) is 0.667. The van der Waals surface area contributed by atoms with Crippen molar-refractivity contribution in [2.75, 3.05) is 24.6 Å². The lowest BCUT2D eigenvalue weighted by molar-refractivity contribution is -0.232. The van der Waals surface area contributed by atoms with Crippen molar-refractivity contribution in [2.45, 2.75) is 62.6 Å². The number of piperidine rings is 1. The van der Waals surface area contributed by atoms with Crippen LogP contribution in [-0.4, -0.2) is 42.3 Å². The second-order valence-corrected chi connectivity index (χ2v) is 8.80. The first-order valence-corrected chi connectivity index (χ1v) is 9.95. The summed E-state index contributed by atoms with van der Waals surface area (Å²) >= 11 is 0. The van der Waals surface area contributed by atoms with Gasteiger partial charge in [0.25, 0.3) is 0 Å². The Morgan fingerprint density at radius 3 is 2.92 bits per heavy atom. The molecule has 1 aromatic rings. The van der Waals surface area contributed by atoms with Crippen LogP contribution in [0.2, 0.25) is 0 Å². The van der Waals surface area contributed by atoms with Crippen molar-refractivity contribution in [3.05, 3.63) is 29.8 Å². The Balaban J connectivity index is 1.67. The zero-order valence-electron chi connectivity index (χ0n) is 15.0. The van der Waals surface area contributed by atoms with Crippen LogP contribution >= 0.6 is 0 Å². The molecular weight excluding hydrogens is 312 g/mol. The minimum atomic E-state index is -0.179. The molecular formula is C21H26N2O2. The highest BCUT2D eigenvalue weighted by molar-refractivity contribution is 5.96. The topological polar surface area (TPSA) is 32.8 Å². The van der Waals surface area contributed by atoms with Crippen molar-refractivity contribution < 1.29 is 9.53 Å². The molecule has 0 N–H and O–H groups in total. The molecule has 1 aliphatic carbocycles. The first kappa shape index (κ1) is 14.7. The van der Waals surface area contributed by atoms with Crippen molar-refractivity contribution in [3.63, 3.8) is 0 Å². The molecule has 6 rings (SSSR count). The van der Waals surface area contributed by atoms with E-state index in [0.29, 0.717) is 0 Å². The average molecular weight is 338 g/mol. The molecule has 4 atom stereocenters. The number of hydrogen-bond donors (Lipinski definition) is 0. The van der Waals surface area contributed by atoms with Crippen LogP contribution in [0.5, 0.6) is 0 Å². The second kappa shape index (κ2) is 4.47. The molecule has 4 fully saturated rings. The van der Waals surface area contributed by atoms with Gasteiger partial charge in [-0.1, -0.05) is 18.2 Å². The summed E-state index contributed by atoms with van der Waals surface area (Å²) in [6.45, 7) is 4.88. The van der Waals surface area contributed by atoms with Crippen LogP contribution < -0.4 is 4.90 Å². The normalized spacial score (nSPS) is 44.2. The summed E-state index contributed by atoms with van der Waals surface area (Å²) in [4.78, 5) is 17.5. The number of carbonyl (C=O) groups excluding carboxylic acids is 1. The van der Waals surface area contributed by atoms with Gasteiger partial charge in [-0.05, 0) is 50.2 Å². The van der Waals surface area contributed by atoms with E-state index in [1.807, 2.05) is 0 Å². The fourth-order valence-corrected chi connectivity index (χ4v) is 7.77. The standard InChI is InChI=1S/C21H26N2O2/c1-15(24)23-17-6-3-2-5-16(17)20-10-13-22-12-4-8-19(9-7-18(20)23)11-14-25-21(19,20)22/h2-3,5-6,18H,4,7-14H2,1H3/t18?,19-,20-,21+/m1/s1. The van der Waals surface area contributed by atoms with Gasteiger partial charge in [0, 0.05) is 37.7 Å². The quantitative estimate of drug-likeness (QED) is 0.729. The lowest BCUT2D eigenvalue weighted by Gasteiger charge is -2.62. The summed E-state index contributed by atoms with van der Waals surface area (Å²) in [7, 11) is 0. The van der Waals surface area contributed by atoms with E-state index in [2.05, 4.69) is 34.1 Å². The molecule has 4 aliphatic heterocycles. The summed E-state index contributed by atoms with van der Waals surface area (Å²) in [5.41, 5.74) is 2.60. The predicted octanol–water partition coefficient (Wildman–Crippen LogP) is 3.06. The Hall–Kier alpha value is -1.39. The minimum Gasteiger partial charge on any atom is -0.359 e. The van der Waals surface area contributed by atoms with Crippen LogP contribution in [0.25, 0.3) is 0 Å². The zero-order chi connectivity index (χ0) is 16.9. The van der Waals surface area contributed by atoms with Crippen molar-refractivity contribution in [3.8, 4) is 0 Å². The number of anilines is 1. The Morgan fingerprint density at radius 2 is 2.04 bits per heavy atom. The van der Waals surface area contributed by atoms with Crippen LogP contribution in [0, 0.1) is 5.41 Å². The van der Waals surface area contributed by atoms with Crippen LogP contribution in [-0.2, 0) is 14.9 Å². The summed E-state index contributed by atoms with van der Waals surface area (Å²) in [6, 6.07) is 8.94.